The van der Waals surface area contributed by atoms with Crippen LogP contribution in [0.15, 0.2) is 46.9 Å². The van der Waals surface area contributed by atoms with Crippen LogP contribution in [-0.4, -0.2) is 33.8 Å². The van der Waals surface area contributed by atoms with E-state index in [0.717, 1.165) is 11.1 Å². The normalized spacial score (nSPS) is 15.2. The number of carbonyl (C=O) groups excluding carboxylic acids is 1. The lowest BCUT2D eigenvalue weighted by Gasteiger charge is -2.30. The van der Waals surface area contributed by atoms with Crippen LogP contribution in [0, 0.1) is 10.1 Å². The molecular weight excluding hydrogens is 370 g/mol. The summed E-state index contributed by atoms with van der Waals surface area (Å²) in [6, 6.07) is 11.6. The molecule has 1 saturated heterocycles. The summed E-state index contributed by atoms with van der Waals surface area (Å²) in [5.41, 5.74) is 1.36. The summed E-state index contributed by atoms with van der Waals surface area (Å²) < 4.78 is 5.83. The fraction of sp³-hybridized carbons (Fsp3) is 0.263. The highest BCUT2D eigenvalue weighted by molar-refractivity contribution is 6.31. The van der Waals surface area contributed by atoms with Gasteiger partial charge in [-0.2, -0.15) is 0 Å². The largest absolute Gasteiger partial charge is 0.440 e. The van der Waals surface area contributed by atoms with Crippen molar-refractivity contribution in [1.82, 2.24) is 9.88 Å². The van der Waals surface area contributed by atoms with E-state index in [2.05, 4.69) is 4.98 Å². The predicted molar refractivity (Wildman–Crippen MR) is 100.0 cm³/mol. The SMILES string of the molecule is O=C(c1cc(Cl)ccc1[N+](=O)[O-])N1CCC(c2nc3ccccc3o2)CC1. The molecule has 2 heterocycles. The second kappa shape index (κ2) is 7.00. The molecule has 2 aromatic carbocycles. The number of piperidine rings is 1. The van der Waals surface area contributed by atoms with Gasteiger partial charge in [0.15, 0.2) is 11.5 Å². The monoisotopic (exact) mass is 385 g/mol. The number of nitro benzene ring substituents is 1. The smallest absolute Gasteiger partial charge is 0.282 e. The van der Waals surface area contributed by atoms with Crippen LogP contribution >= 0.6 is 11.6 Å². The number of likely N-dealkylation sites (tertiary alicyclic amines) is 1. The Kier molecular flexibility index (Phi) is 4.53. The zero-order chi connectivity index (χ0) is 19.0. The molecule has 1 aliphatic heterocycles. The molecule has 0 saturated carbocycles. The van der Waals surface area contributed by atoms with E-state index in [1.165, 1.54) is 18.2 Å². The Morgan fingerprint density at radius 1 is 1.22 bits per heavy atom. The standard InChI is InChI=1S/C19H16ClN3O4/c20-13-5-6-16(23(25)26)14(11-13)19(24)22-9-7-12(8-10-22)18-21-15-3-1-2-4-17(15)27-18/h1-6,11-12H,7-10H2. The fourth-order valence-electron chi connectivity index (χ4n) is 3.40. The van der Waals surface area contributed by atoms with Crippen LogP contribution in [0.4, 0.5) is 5.69 Å². The molecule has 138 valence electrons. The van der Waals surface area contributed by atoms with Gasteiger partial charge in [0.05, 0.1) is 4.92 Å². The molecule has 4 rings (SSSR count). The first-order valence-electron chi connectivity index (χ1n) is 8.61. The molecule has 0 N–H and O–H groups in total. The fourth-order valence-corrected chi connectivity index (χ4v) is 3.58. The van der Waals surface area contributed by atoms with E-state index in [1.807, 2.05) is 24.3 Å². The summed E-state index contributed by atoms with van der Waals surface area (Å²) in [7, 11) is 0. The van der Waals surface area contributed by atoms with Crippen molar-refractivity contribution < 1.29 is 14.1 Å². The van der Waals surface area contributed by atoms with Gasteiger partial charge in [-0.3, -0.25) is 14.9 Å². The maximum Gasteiger partial charge on any atom is 0.282 e. The van der Waals surface area contributed by atoms with E-state index in [4.69, 9.17) is 16.0 Å². The summed E-state index contributed by atoms with van der Waals surface area (Å²) >= 11 is 5.93. The van der Waals surface area contributed by atoms with Gasteiger partial charge in [-0.25, -0.2) is 4.98 Å². The van der Waals surface area contributed by atoms with Gasteiger partial charge in [0.25, 0.3) is 11.6 Å². The summed E-state index contributed by atoms with van der Waals surface area (Å²) in [6.45, 7) is 0.956. The molecule has 0 unspecified atom stereocenters. The lowest BCUT2D eigenvalue weighted by molar-refractivity contribution is -0.385. The quantitative estimate of drug-likeness (QED) is 0.492. The number of hydrogen-bond donors (Lipinski definition) is 0. The molecule has 8 heteroatoms. The van der Waals surface area contributed by atoms with Crippen LogP contribution in [-0.2, 0) is 0 Å². The van der Waals surface area contributed by atoms with Crippen molar-refractivity contribution in [3.05, 3.63) is 69.1 Å². The van der Waals surface area contributed by atoms with Gasteiger partial charge in [-0.05, 0) is 37.1 Å². The predicted octanol–water partition coefficient (Wildman–Crippen LogP) is 4.41. The van der Waals surface area contributed by atoms with Gasteiger partial charge < -0.3 is 9.32 Å². The number of halogens is 1. The zero-order valence-corrected chi connectivity index (χ0v) is 15.1. The van der Waals surface area contributed by atoms with Crippen LogP contribution < -0.4 is 0 Å². The number of nitrogens with zero attached hydrogens (tertiary/aromatic N) is 3. The molecule has 0 atom stereocenters. The molecule has 1 amide bonds. The van der Waals surface area contributed by atoms with Gasteiger partial charge in [-0.1, -0.05) is 23.7 Å². The van der Waals surface area contributed by atoms with Gasteiger partial charge in [0.2, 0.25) is 0 Å². The Hall–Kier alpha value is -2.93. The molecule has 1 aromatic heterocycles. The molecule has 1 fully saturated rings. The number of aromatic nitrogens is 1. The van der Waals surface area contributed by atoms with E-state index in [-0.39, 0.29) is 23.1 Å². The molecule has 0 aliphatic carbocycles. The molecule has 0 bridgehead atoms. The zero-order valence-electron chi connectivity index (χ0n) is 14.3. The van der Waals surface area contributed by atoms with Crippen LogP contribution in [0.1, 0.15) is 35.0 Å². The van der Waals surface area contributed by atoms with Gasteiger partial charge in [-0.15, -0.1) is 0 Å². The third kappa shape index (κ3) is 3.38. The van der Waals surface area contributed by atoms with Gasteiger partial charge in [0.1, 0.15) is 11.1 Å². The first-order chi connectivity index (χ1) is 13.0. The van der Waals surface area contributed by atoms with Crippen molar-refractivity contribution in [2.75, 3.05) is 13.1 Å². The highest BCUT2D eigenvalue weighted by Crippen LogP contribution is 2.31. The van der Waals surface area contributed by atoms with E-state index in [1.54, 1.807) is 4.90 Å². The molecule has 1 aliphatic rings. The molecule has 7 nitrogen and oxygen atoms in total. The maximum absolute atomic E-state index is 12.8. The summed E-state index contributed by atoms with van der Waals surface area (Å²) in [4.78, 5) is 29.6. The summed E-state index contributed by atoms with van der Waals surface area (Å²) in [5, 5.41) is 11.5. The Bertz CT molecular complexity index is 992. The molecular formula is C19H16ClN3O4. The summed E-state index contributed by atoms with van der Waals surface area (Å²) in [5.74, 6) is 0.424. The maximum atomic E-state index is 12.8. The minimum Gasteiger partial charge on any atom is -0.440 e. The molecule has 0 radical (unpaired) electrons. The van der Waals surface area contributed by atoms with Crippen molar-refractivity contribution in [1.29, 1.82) is 0 Å². The van der Waals surface area contributed by atoms with Crippen molar-refractivity contribution in [3.63, 3.8) is 0 Å². The van der Waals surface area contributed by atoms with Crippen molar-refractivity contribution in [3.8, 4) is 0 Å². The number of nitro groups is 1. The van der Waals surface area contributed by atoms with E-state index >= 15 is 0 Å². The van der Waals surface area contributed by atoms with Crippen molar-refractivity contribution >= 4 is 34.3 Å². The van der Waals surface area contributed by atoms with Crippen molar-refractivity contribution in [2.45, 2.75) is 18.8 Å². The Morgan fingerprint density at radius 3 is 2.67 bits per heavy atom. The number of fused-ring (bicyclic) bond motifs is 1. The van der Waals surface area contributed by atoms with E-state index < -0.39 is 4.92 Å². The lowest BCUT2D eigenvalue weighted by atomic mass is 9.96. The highest BCUT2D eigenvalue weighted by atomic mass is 35.5. The van der Waals surface area contributed by atoms with Gasteiger partial charge >= 0.3 is 0 Å². The number of benzene rings is 2. The minimum atomic E-state index is -0.561. The molecule has 0 spiro atoms. The molecule has 27 heavy (non-hydrogen) atoms. The van der Waals surface area contributed by atoms with E-state index in [0.29, 0.717) is 36.8 Å². The second-order valence-corrected chi connectivity index (χ2v) is 6.94. The van der Waals surface area contributed by atoms with Crippen LogP contribution in [0.5, 0.6) is 0 Å². The third-order valence-electron chi connectivity index (χ3n) is 4.83. The summed E-state index contributed by atoms with van der Waals surface area (Å²) in [6.07, 6.45) is 1.37. The number of para-hydroxylation sites is 2. The number of rotatable bonds is 3. The number of oxazole rings is 1. The highest BCUT2D eigenvalue weighted by Gasteiger charge is 2.30. The second-order valence-electron chi connectivity index (χ2n) is 6.50. The van der Waals surface area contributed by atoms with Crippen LogP contribution in [0.25, 0.3) is 11.1 Å². The first kappa shape index (κ1) is 17.5. The number of amides is 1. The Morgan fingerprint density at radius 2 is 1.96 bits per heavy atom. The topological polar surface area (TPSA) is 89.5 Å². The van der Waals surface area contributed by atoms with Gasteiger partial charge in [0, 0.05) is 30.1 Å². The molecule has 3 aromatic rings. The van der Waals surface area contributed by atoms with Crippen LogP contribution in [0.3, 0.4) is 0 Å². The Balaban J connectivity index is 1.50. The first-order valence-corrected chi connectivity index (χ1v) is 8.99. The number of hydrogen-bond acceptors (Lipinski definition) is 5. The van der Waals surface area contributed by atoms with E-state index in [9.17, 15) is 14.9 Å². The Labute approximate surface area is 159 Å². The average Bonchev–Trinajstić information content (AvgIpc) is 3.11. The third-order valence-corrected chi connectivity index (χ3v) is 5.06. The van der Waals surface area contributed by atoms with Crippen LogP contribution in [0.2, 0.25) is 5.02 Å². The average molecular weight is 386 g/mol. The minimum absolute atomic E-state index is 0.0211. The lowest BCUT2D eigenvalue weighted by Crippen LogP contribution is -2.38. The van der Waals surface area contributed by atoms with Crippen molar-refractivity contribution in [2.24, 2.45) is 0 Å². The number of carbonyl (C=O) groups is 1.